The molecule has 4 rings (SSSR count). The maximum Gasteiger partial charge on any atom is 0.162 e. The van der Waals surface area contributed by atoms with Gasteiger partial charge in [0.15, 0.2) is 5.65 Å². The number of nitrogen functional groups attached to an aromatic ring is 1. The van der Waals surface area contributed by atoms with E-state index in [4.69, 9.17) is 15.8 Å². The molecule has 150 valence electrons. The van der Waals surface area contributed by atoms with Crippen LogP contribution in [-0.2, 0) is 6.42 Å². The molecule has 1 aliphatic heterocycles. The molecule has 3 aromatic rings. The summed E-state index contributed by atoms with van der Waals surface area (Å²) < 4.78 is 1.89. The number of piperidine rings is 1. The first kappa shape index (κ1) is 19.9. The number of rotatable bonds is 4. The summed E-state index contributed by atoms with van der Waals surface area (Å²) in [5.74, 6) is 1.95. The minimum Gasteiger partial charge on any atom is -0.399 e. The summed E-state index contributed by atoms with van der Waals surface area (Å²) >= 11 is 0. The van der Waals surface area contributed by atoms with Crippen LogP contribution in [0.3, 0.4) is 0 Å². The number of anilines is 4. The van der Waals surface area contributed by atoms with Crippen LogP contribution in [0.4, 0.5) is 23.0 Å². The van der Waals surface area contributed by atoms with Gasteiger partial charge in [-0.15, -0.1) is 0 Å². The number of aliphatic hydroxyl groups excluding tert-OH is 1. The van der Waals surface area contributed by atoms with Gasteiger partial charge in [-0.05, 0) is 56.9 Å². The number of aryl methyl sites for hydroxylation is 1. The van der Waals surface area contributed by atoms with Gasteiger partial charge in [-0.3, -0.25) is 0 Å². The number of fused-ring (bicyclic) bond motifs is 1. The van der Waals surface area contributed by atoms with E-state index in [0.29, 0.717) is 0 Å². The van der Waals surface area contributed by atoms with Crippen LogP contribution in [0.2, 0.25) is 0 Å². The van der Waals surface area contributed by atoms with Crippen LogP contribution >= 0.6 is 0 Å². The van der Waals surface area contributed by atoms with Crippen molar-refractivity contribution in [3.8, 4) is 0 Å². The van der Waals surface area contributed by atoms with E-state index in [9.17, 15) is 0 Å². The van der Waals surface area contributed by atoms with E-state index in [0.717, 1.165) is 48.2 Å². The fourth-order valence-electron chi connectivity index (χ4n) is 3.33. The second-order valence-electron chi connectivity index (χ2n) is 6.87. The Balaban J connectivity index is 0.000000706. The minimum absolute atomic E-state index is 0.250. The summed E-state index contributed by atoms with van der Waals surface area (Å²) in [5.41, 5.74) is 9.63. The monoisotopic (exact) mass is 382 g/mol. The molecule has 0 aliphatic carbocycles. The van der Waals surface area contributed by atoms with Crippen molar-refractivity contribution in [1.82, 2.24) is 14.6 Å². The lowest BCUT2D eigenvalue weighted by atomic mass is 10.1. The summed E-state index contributed by atoms with van der Waals surface area (Å²) in [5, 5.41) is 15.6. The molecular weight excluding hydrogens is 352 g/mol. The molecule has 0 spiro atoms. The van der Waals surface area contributed by atoms with Crippen LogP contribution in [0, 0.1) is 0 Å². The third-order valence-electron chi connectivity index (χ3n) is 4.78. The standard InChI is InChI=1S/C19H24N6.C2H6O/c1-2-14-13-21-25-18(22-16-8-6-15(20)7-9-16)12-17(23-19(14)25)24-10-4-3-5-11-24;1-2-3/h6-9,12-13,22H,2-5,10-11,20H2,1H3;3H,2H2,1H3. The molecule has 1 aromatic carbocycles. The highest BCUT2D eigenvalue weighted by Crippen LogP contribution is 2.26. The molecule has 1 aliphatic rings. The third-order valence-corrected chi connectivity index (χ3v) is 4.78. The van der Waals surface area contributed by atoms with Gasteiger partial charge in [0, 0.05) is 42.7 Å². The van der Waals surface area contributed by atoms with Crippen LogP contribution in [-0.4, -0.2) is 39.4 Å². The summed E-state index contributed by atoms with van der Waals surface area (Å²) in [7, 11) is 0. The fraction of sp³-hybridized carbons (Fsp3) is 0.429. The molecule has 0 saturated carbocycles. The molecule has 1 fully saturated rings. The average molecular weight is 383 g/mol. The number of nitrogens with zero attached hydrogens (tertiary/aromatic N) is 4. The molecule has 3 heterocycles. The highest BCUT2D eigenvalue weighted by molar-refractivity contribution is 5.66. The Labute approximate surface area is 166 Å². The van der Waals surface area contributed by atoms with Crippen molar-refractivity contribution >= 4 is 28.7 Å². The molecular formula is C21H30N6O. The van der Waals surface area contributed by atoms with Crippen LogP contribution in [0.5, 0.6) is 0 Å². The van der Waals surface area contributed by atoms with Gasteiger partial charge in [-0.1, -0.05) is 6.92 Å². The normalized spacial score (nSPS) is 13.9. The zero-order valence-electron chi connectivity index (χ0n) is 16.7. The molecule has 0 amide bonds. The highest BCUT2D eigenvalue weighted by atomic mass is 16.2. The van der Waals surface area contributed by atoms with E-state index in [2.05, 4.69) is 28.3 Å². The van der Waals surface area contributed by atoms with Crippen LogP contribution < -0.4 is 16.0 Å². The largest absolute Gasteiger partial charge is 0.399 e. The van der Waals surface area contributed by atoms with Gasteiger partial charge in [-0.25, -0.2) is 4.98 Å². The summed E-state index contributed by atoms with van der Waals surface area (Å²) in [4.78, 5) is 7.29. The molecule has 0 radical (unpaired) electrons. The summed E-state index contributed by atoms with van der Waals surface area (Å²) in [6.07, 6.45) is 6.60. The van der Waals surface area contributed by atoms with Gasteiger partial charge in [-0.2, -0.15) is 9.61 Å². The van der Waals surface area contributed by atoms with E-state index in [-0.39, 0.29) is 6.61 Å². The van der Waals surface area contributed by atoms with E-state index in [1.54, 1.807) is 6.92 Å². The van der Waals surface area contributed by atoms with Gasteiger partial charge in [0.2, 0.25) is 0 Å². The predicted octanol–water partition coefficient (Wildman–Crippen LogP) is 3.61. The number of nitrogens with one attached hydrogen (secondary N) is 1. The number of nitrogens with two attached hydrogens (primary N) is 1. The second-order valence-corrected chi connectivity index (χ2v) is 6.87. The Morgan fingerprint density at radius 1 is 1.11 bits per heavy atom. The first-order valence-corrected chi connectivity index (χ1v) is 10.0. The molecule has 7 heteroatoms. The Bertz CT molecular complexity index is 884. The van der Waals surface area contributed by atoms with Gasteiger partial charge in [0.05, 0.1) is 6.20 Å². The first-order valence-electron chi connectivity index (χ1n) is 10.0. The van der Waals surface area contributed by atoms with Crippen molar-refractivity contribution in [1.29, 1.82) is 0 Å². The Kier molecular flexibility index (Phi) is 6.71. The summed E-state index contributed by atoms with van der Waals surface area (Å²) in [6, 6.07) is 9.85. The number of hydrogen-bond acceptors (Lipinski definition) is 6. The van der Waals surface area contributed by atoms with E-state index in [1.807, 2.05) is 35.0 Å². The van der Waals surface area contributed by atoms with Gasteiger partial charge in [0.25, 0.3) is 0 Å². The predicted molar refractivity (Wildman–Crippen MR) is 115 cm³/mol. The van der Waals surface area contributed by atoms with Crippen LogP contribution in [0.1, 0.15) is 38.7 Å². The van der Waals surface area contributed by atoms with E-state index < -0.39 is 0 Å². The molecule has 7 nitrogen and oxygen atoms in total. The van der Waals surface area contributed by atoms with Gasteiger partial charge < -0.3 is 21.1 Å². The minimum atomic E-state index is 0.250. The smallest absolute Gasteiger partial charge is 0.162 e. The SMILES string of the molecule is CCO.CCc1cnn2c(Nc3ccc(N)cc3)cc(N3CCCCC3)nc12. The Morgan fingerprint density at radius 3 is 2.43 bits per heavy atom. The topological polar surface area (TPSA) is 91.7 Å². The number of aliphatic hydroxyl groups is 1. The van der Waals surface area contributed by atoms with Crippen LogP contribution in [0.15, 0.2) is 36.5 Å². The Hall–Kier alpha value is -2.80. The first-order chi connectivity index (χ1) is 13.7. The third kappa shape index (κ3) is 4.54. The lowest BCUT2D eigenvalue weighted by molar-refractivity contribution is 0.318. The van der Waals surface area contributed by atoms with Crippen molar-refractivity contribution in [2.24, 2.45) is 0 Å². The van der Waals surface area contributed by atoms with E-state index in [1.165, 1.54) is 24.8 Å². The van der Waals surface area contributed by atoms with Crippen molar-refractivity contribution < 1.29 is 5.11 Å². The zero-order valence-corrected chi connectivity index (χ0v) is 16.7. The molecule has 4 N–H and O–H groups in total. The molecule has 0 atom stereocenters. The average Bonchev–Trinajstić information content (AvgIpc) is 3.14. The molecule has 0 bridgehead atoms. The number of hydrogen-bond donors (Lipinski definition) is 3. The van der Waals surface area contributed by atoms with E-state index >= 15 is 0 Å². The Morgan fingerprint density at radius 2 is 1.79 bits per heavy atom. The molecule has 0 unspecified atom stereocenters. The number of aromatic nitrogens is 3. The second kappa shape index (κ2) is 9.41. The van der Waals surface area contributed by atoms with Crippen molar-refractivity contribution in [3.05, 3.63) is 42.1 Å². The lowest BCUT2D eigenvalue weighted by Gasteiger charge is -2.28. The fourth-order valence-corrected chi connectivity index (χ4v) is 3.33. The van der Waals surface area contributed by atoms with Crippen molar-refractivity contribution in [2.75, 3.05) is 35.6 Å². The zero-order chi connectivity index (χ0) is 19.9. The molecule has 28 heavy (non-hydrogen) atoms. The molecule has 2 aromatic heterocycles. The maximum atomic E-state index is 7.57. The highest BCUT2D eigenvalue weighted by Gasteiger charge is 2.17. The van der Waals surface area contributed by atoms with Crippen LogP contribution in [0.25, 0.3) is 5.65 Å². The maximum absolute atomic E-state index is 7.57. The van der Waals surface area contributed by atoms with Crippen molar-refractivity contribution in [2.45, 2.75) is 39.5 Å². The van der Waals surface area contributed by atoms with Gasteiger partial charge in [0.1, 0.15) is 11.6 Å². The van der Waals surface area contributed by atoms with Gasteiger partial charge >= 0.3 is 0 Å². The molecule has 1 saturated heterocycles. The van der Waals surface area contributed by atoms with Crippen molar-refractivity contribution in [3.63, 3.8) is 0 Å². The summed E-state index contributed by atoms with van der Waals surface area (Å²) in [6.45, 7) is 6.21. The quantitative estimate of drug-likeness (QED) is 0.597. The lowest BCUT2D eigenvalue weighted by Crippen LogP contribution is -2.30. The number of benzene rings is 1.